The van der Waals surface area contributed by atoms with Crippen LogP contribution in [-0.2, 0) is 19.5 Å². The first-order chi connectivity index (χ1) is 11.3. The molecule has 2 fully saturated rings. The quantitative estimate of drug-likeness (QED) is 0.785. The zero-order chi connectivity index (χ0) is 17.5. The van der Waals surface area contributed by atoms with Crippen LogP contribution in [0.15, 0.2) is 23.1 Å². The van der Waals surface area contributed by atoms with Crippen molar-refractivity contribution in [1.82, 2.24) is 5.32 Å². The van der Waals surface area contributed by atoms with Crippen molar-refractivity contribution in [2.45, 2.75) is 23.5 Å². The van der Waals surface area contributed by atoms with Crippen LogP contribution in [0.2, 0.25) is 0 Å². The van der Waals surface area contributed by atoms with E-state index in [1.54, 1.807) is 7.11 Å². The molecule has 0 aromatic heterocycles. The Morgan fingerprint density at radius 1 is 1.50 bits per heavy atom. The summed E-state index contributed by atoms with van der Waals surface area (Å²) in [6, 6.07) is 2.71. The average molecular weight is 358 g/mol. The Balaban J connectivity index is 1.80. The Hall–Kier alpha value is -1.55. The number of nitrogens with one attached hydrogen (secondary N) is 1. The number of methoxy groups -OCH3 is 1. The molecule has 1 aliphatic heterocycles. The largest absolute Gasteiger partial charge is 0.384 e. The van der Waals surface area contributed by atoms with Crippen molar-refractivity contribution in [3.8, 4) is 0 Å². The van der Waals surface area contributed by atoms with Gasteiger partial charge in [-0.3, -0.25) is 4.79 Å². The van der Waals surface area contributed by atoms with Gasteiger partial charge in [-0.2, -0.15) is 0 Å². The van der Waals surface area contributed by atoms with E-state index in [-0.39, 0.29) is 34.4 Å². The lowest BCUT2D eigenvalue weighted by molar-refractivity contribution is -0.0809. The molecule has 3 rings (SSSR count). The van der Waals surface area contributed by atoms with E-state index < -0.39 is 21.7 Å². The smallest absolute Gasteiger partial charge is 0.254 e. The third-order valence-electron chi connectivity index (χ3n) is 4.70. The molecule has 0 radical (unpaired) electrons. The fraction of sp³-hybridized carbons (Fsp3) is 0.533. The van der Waals surface area contributed by atoms with E-state index in [1.807, 2.05) is 0 Å². The molecule has 7 nitrogen and oxygen atoms in total. The number of primary sulfonamides is 1. The normalized spacial score (nSPS) is 29.0. The molecule has 4 atom stereocenters. The molecule has 1 saturated heterocycles. The zero-order valence-corrected chi connectivity index (χ0v) is 13.9. The molecule has 132 valence electrons. The Morgan fingerprint density at radius 2 is 2.25 bits per heavy atom. The summed E-state index contributed by atoms with van der Waals surface area (Å²) in [7, 11) is -2.45. The number of rotatable bonds is 5. The van der Waals surface area contributed by atoms with E-state index in [9.17, 15) is 17.6 Å². The van der Waals surface area contributed by atoms with Gasteiger partial charge in [0.2, 0.25) is 10.0 Å². The summed E-state index contributed by atoms with van der Waals surface area (Å²) in [4.78, 5) is 12.1. The third-order valence-corrected chi connectivity index (χ3v) is 5.61. The van der Waals surface area contributed by atoms with Gasteiger partial charge in [0.05, 0.1) is 23.2 Å². The summed E-state index contributed by atoms with van der Waals surface area (Å²) in [6.45, 7) is 1.04. The van der Waals surface area contributed by atoms with Crippen LogP contribution >= 0.6 is 0 Å². The number of hydrogen-bond acceptors (Lipinski definition) is 5. The summed E-state index contributed by atoms with van der Waals surface area (Å²) < 4.78 is 47.5. The molecule has 1 saturated carbocycles. The highest BCUT2D eigenvalue weighted by Crippen LogP contribution is 2.43. The van der Waals surface area contributed by atoms with E-state index in [2.05, 4.69) is 5.32 Å². The molecule has 0 spiro atoms. The number of sulfonamides is 1. The molecule has 0 bridgehead atoms. The van der Waals surface area contributed by atoms with Crippen molar-refractivity contribution in [2.75, 3.05) is 20.3 Å². The zero-order valence-electron chi connectivity index (χ0n) is 13.1. The van der Waals surface area contributed by atoms with Gasteiger partial charge in [-0.15, -0.1) is 0 Å². The topological polar surface area (TPSA) is 108 Å². The number of benzene rings is 1. The highest BCUT2D eigenvalue weighted by Gasteiger charge is 2.54. The number of amides is 1. The molecule has 1 heterocycles. The van der Waals surface area contributed by atoms with Gasteiger partial charge in [0, 0.05) is 31.6 Å². The van der Waals surface area contributed by atoms with Crippen molar-refractivity contribution < 1.29 is 27.1 Å². The number of carbonyl (C=O) groups is 1. The minimum absolute atomic E-state index is 0.00376. The van der Waals surface area contributed by atoms with Gasteiger partial charge in [0.25, 0.3) is 5.91 Å². The first kappa shape index (κ1) is 17.3. The molecule has 9 heteroatoms. The van der Waals surface area contributed by atoms with Gasteiger partial charge in [-0.1, -0.05) is 0 Å². The van der Waals surface area contributed by atoms with Crippen molar-refractivity contribution in [3.63, 3.8) is 0 Å². The first-order valence-electron chi connectivity index (χ1n) is 7.56. The van der Waals surface area contributed by atoms with E-state index in [4.69, 9.17) is 14.6 Å². The lowest BCUT2D eigenvalue weighted by Crippen LogP contribution is -2.62. The van der Waals surface area contributed by atoms with Crippen LogP contribution in [0.25, 0.3) is 0 Å². The van der Waals surface area contributed by atoms with Crippen molar-refractivity contribution in [2.24, 2.45) is 17.0 Å². The minimum Gasteiger partial charge on any atom is -0.384 e. The summed E-state index contributed by atoms with van der Waals surface area (Å²) >= 11 is 0. The van der Waals surface area contributed by atoms with Crippen LogP contribution < -0.4 is 10.5 Å². The SMILES string of the molecule is COC[C@H]1[C@@H](NC(=O)c2cc(S(N)(=O)=O)ccc2F)[C@H]2CCO[C@H]21. The van der Waals surface area contributed by atoms with Gasteiger partial charge in [0.1, 0.15) is 5.82 Å². The Labute approximate surface area is 139 Å². The highest BCUT2D eigenvalue weighted by atomic mass is 32.2. The average Bonchev–Trinajstić information content (AvgIpc) is 2.94. The highest BCUT2D eigenvalue weighted by molar-refractivity contribution is 7.89. The second kappa shape index (κ2) is 6.40. The predicted molar refractivity (Wildman–Crippen MR) is 82.2 cm³/mol. The number of nitrogens with two attached hydrogens (primary N) is 1. The second-order valence-corrected chi connectivity index (χ2v) is 7.65. The van der Waals surface area contributed by atoms with Gasteiger partial charge >= 0.3 is 0 Å². The molecule has 1 amide bonds. The van der Waals surface area contributed by atoms with Crippen LogP contribution in [0.1, 0.15) is 16.8 Å². The molecule has 0 unspecified atom stereocenters. The number of fused-ring (bicyclic) bond motifs is 1. The van der Waals surface area contributed by atoms with Gasteiger partial charge in [0.15, 0.2) is 0 Å². The Kier molecular flexibility index (Phi) is 4.60. The van der Waals surface area contributed by atoms with Crippen LogP contribution in [0.5, 0.6) is 0 Å². The van der Waals surface area contributed by atoms with Gasteiger partial charge in [-0.25, -0.2) is 17.9 Å². The lowest BCUT2D eigenvalue weighted by atomic mass is 9.67. The summed E-state index contributed by atoms with van der Waals surface area (Å²) in [5.41, 5.74) is -0.347. The molecule has 2 aliphatic rings. The number of carbonyl (C=O) groups excluding carboxylic acids is 1. The molecule has 3 N–H and O–H groups in total. The molecule has 1 aromatic rings. The van der Waals surface area contributed by atoms with Gasteiger partial charge < -0.3 is 14.8 Å². The summed E-state index contributed by atoms with van der Waals surface area (Å²) in [5.74, 6) is -1.31. The van der Waals surface area contributed by atoms with Crippen LogP contribution in [0.3, 0.4) is 0 Å². The number of halogens is 1. The fourth-order valence-electron chi connectivity index (χ4n) is 3.52. The maximum atomic E-state index is 13.9. The molecule has 1 aromatic carbocycles. The molecular formula is C15H19FN2O5S. The van der Waals surface area contributed by atoms with E-state index in [0.717, 1.165) is 24.6 Å². The van der Waals surface area contributed by atoms with Crippen molar-refractivity contribution >= 4 is 15.9 Å². The van der Waals surface area contributed by atoms with E-state index in [1.165, 1.54) is 0 Å². The van der Waals surface area contributed by atoms with Crippen molar-refractivity contribution in [3.05, 3.63) is 29.6 Å². The number of hydrogen-bond donors (Lipinski definition) is 2. The van der Waals surface area contributed by atoms with Crippen LogP contribution in [-0.4, -0.2) is 46.8 Å². The van der Waals surface area contributed by atoms with Crippen LogP contribution in [0, 0.1) is 17.7 Å². The lowest BCUT2D eigenvalue weighted by Gasteiger charge is -2.47. The summed E-state index contributed by atoms with van der Waals surface area (Å²) in [6.07, 6.45) is 0.853. The summed E-state index contributed by atoms with van der Waals surface area (Å²) in [5, 5.41) is 7.82. The Morgan fingerprint density at radius 3 is 2.92 bits per heavy atom. The minimum atomic E-state index is -4.02. The standard InChI is InChI=1S/C15H19FN2O5S/c1-22-7-11-13(9-4-5-23-14(9)11)18-15(19)10-6-8(24(17,20)21)2-3-12(10)16/h2-3,6,9,11,13-14H,4-5,7H2,1H3,(H,18,19)(H2,17,20,21)/t9-,11+,13+,14-/m1/s1. The van der Waals surface area contributed by atoms with E-state index in [0.29, 0.717) is 13.2 Å². The fourth-order valence-corrected chi connectivity index (χ4v) is 4.06. The Bertz CT molecular complexity index is 754. The second-order valence-electron chi connectivity index (χ2n) is 6.09. The predicted octanol–water partition coefficient (Wildman–Crippen LogP) is 0.253. The first-order valence-corrected chi connectivity index (χ1v) is 9.11. The molecule has 1 aliphatic carbocycles. The molecular weight excluding hydrogens is 339 g/mol. The van der Waals surface area contributed by atoms with Crippen LogP contribution in [0.4, 0.5) is 4.39 Å². The van der Waals surface area contributed by atoms with Gasteiger partial charge in [-0.05, 0) is 24.6 Å². The maximum Gasteiger partial charge on any atom is 0.254 e. The van der Waals surface area contributed by atoms with Crippen molar-refractivity contribution in [1.29, 1.82) is 0 Å². The number of ether oxygens (including phenoxy) is 2. The third kappa shape index (κ3) is 3.04. The molecule has 24 heavy (non-hydrogen) atoms. The maximum absolute atomic E-state index is 13.9. The monoisotopic (exact) mass is 358 g/mol. The van der Waals surface area contributed by atoms with E-state index >= 15 is 0 Å².